The first-order chi connectivity index (χ1) is 13.4. The number of nitrogens with one attached hydrogen (secondary N) is 2. The van der Waals surface area contributed by atoms with Gasteiger partial charge in [-0.1, -0.05) is 12.1 Å². The lowest BCUT2D eigenvalue weighted by atomic mass is 10.2. The number of carbonyl (C=O) groups is 1. The van der Waals surface area contributed by atoms with Crippen molar-refractivity contribution in [1.82, 2.24) is 24.2 Å². The van der Waals surface area contributed by atoms with E-state index in [4.69, 9.17) is 0 Å². The molecular weight excluding hydrogens is 380 g/mol. The minimum atomic E-state index is -3.71. The maximum absolute atomic E-state index is 12.4. The predicted molar refractivity (Wildman–Crippen MR) is 104 cm³/mol. The summed E-state index contributed by atoms with van der Waals surface area (Å²) in [4.78, 5) is 24.0. The summed E-state index contributed by atoms with van der Waals surface area (Å²) >= 11 is 0. The van der Waals surface area contributed by atoms with E-state index in [0.717, 1.165) is 5.82 Å². The zero-order valence-corrected chi connectivity index (χ0v) is 16.3. The SMILES string of the molecule is CC(=O)c1cccc(S(=O)(=O)NCCNc2cc(-n3ccnc3C)ncn2)c1. The van der Waals surface area contributed by atoms with E-state index < -0.39 is 10.0 Å². The minimum absolute atomic E-state index is 0.0557. The van der Waals surface area contributed by atoms with Gasteiger partial charge >= 0.3 is 0 Å². The number of carbonyl (C=O) groups excluding carboxylic acids is 1. The van der Waals surface area contributed by atoms with Gasteiger partial charge in [-0.25, -0.2) is 28.1 Å². The summed E-state index contributed by atoms with van der Waals surface area (Å²) in [6, 6.07) is 7.69. The Kier molecular flexibility index (Phi) is 5.81. The summed E-state index contributed by atoms with van der Waals surface area (Å²) < 4.78 is 29.1. The molecule has 0 bridgehead atoms. The van der Waals surface area contributed by atoms with E-state index in [1.54, 1.807) is 30.6 Å². The van der Waals surface area contributed by atoms with E-state index in [1.165, 1.54) is 25.4 Å². The Labute approximate surface area is 162 Å². The van der Waals surface area contributed by atoms with Gasteiger partial charge in [0.1, 0.15) is 23.8 Å². The fourth-order valence-corrected chi connectivity index (χ4v) is 3.61. The molecule has 0 spiro atoms. The summed E-state index contributed by atoms with van der Waals surface area (Å²) in [5.41, 5.74) is 0.351. The second-order valence-electron chi connectivity index (χ2n) is 6.01. The lowest BCUT2D eigenvalue weighted by Gasteiger charge is -2.10. The highest BCUT2D eigenvalue weighted by Gasteiger charge is 2.14. The largest absolute Gasteiger partial charge is 0.369 e. The van der Waals surface area contributed by atoms with Crippen molar-refractivity contribution in [2.75, 3.05) is 18.4 Å². The van der Waals surface area contributed by atoms with E-state index in [2.05, 4.69) is 25.0 Å². The molecule has 0 atom stereocenters. The number of rotatable bonds is 8. The quantitative estimate of drug-likeness (QED) is 0.435. The Morgan fingerprint density at radius 1 is 1.14 bits per heavy atom. The van der Waals surface area contributed by atoms with Crippen LogP contribution in [0, 0.1) is 6.92 Å². The molecule has 0 radical (unpaired) electrons. The number of anilines is 1. The predicted octanol–water partition coefficient (Wildman–Crippen LogP) is 1.56. The normalized spacial score (nSPS) is 11.4. The molecule has 146 valence electrons. The Morgan fingerprint density at radius 3 is 2.68 bits per heavy atom. The van der Waals surface area contributed by atoms with E-state index in [9.17, 15) is 13.2 Å². The van der Waals surface area contributed by atoms with Gasteiger partial charge < -0.3 is 5.32 Å². The topological polar surface area (TPSA) is 119 Å². The highest BCUT2D eigenvalue weighted by molar-refractivity contribution is 7.89. The third-order valence-corrected chi connectivity index (χ3v) is 5.46. The third kappa shape index (κ3) is 4.59. The fourth-order valence-electron chi connectivity index (χ4n) is 2.54. The maximum atomic E-state index is 12.4. The molecule has 0 unspecified atom stereocenters. The summed E-state index contributed by atoms with van der Waals surface area (Å²) in [5.74, 6) is 1.83. The van der Waals surface area contributed by atoms with Crippen LogP contribution >= 0.6 is 0 Å². The summed E-state index contributed by atoms with van der Waals surface area (Å²) in [6.45, 7) is 3.73. The number of Topliss-reactive ketones (excluding diaryl/α,β-unsaturated/α-hetero) is 1. The van der Waals surface area contributed by atoms with E-state index in [0.29, 0.717) is 23.7 Å². The molecule has 3 rings (SSSR count). The Morgan fingerprint density at radius 2 is 1.96 bits per heavy atom. The van der Waals surface area contributed by atoms with Crippen LogP contribution in [0.1, 0.15) is 23.1 Å². The molecule has 2 N–H and O–H groups in total. The van der Waals surface area contributed by atoms with Crippen molar-refractivity contribution >= 4 is 21.6 Å². The molecule has 1 aromatic carbocycles. The summed E-state index contributed by atoms with van der Waals surface area (Å²) in [6.07, 6.45) is 4.90. The number of imidazole rings is 1. The van der Waals surface area contributed by atoms with Gasteiger partial charge in [-0.2, -0.15) is 0 Å². The number of sulfonamides is 1. The number of ketones is 1. The van der Waals surface area contributed by atoms with Gasteiger partial charge in [-0.05, 0) is 26.0 Å². The lowest BCUT2D eigenvalue weighted by Crippen LogP contribution is -2.29. The van der Waals surface area contributed by atoms with Gasteiger partial charge in [-0.15, -0.1) is 0 Å². The van der Waals surface area contributed by atoms with Gasteiger partial charge in [0.2, 0.25) is 10.0 Å². The van der Waals surface area contributed by atoms with Crippen LogP contribution in [-0.4, -0.2) is 46.8 Å². The van der Waals surface area contributed by atoms with Crippen LogP contribution in [0.3, 0.4) is 0 Å². The Hall–Kier alpha value is -3.11. The molecule has 0 saturated carbocycles. The van der Waals surface area contributed by atoms with Crippen molar-refractivity contribution in [3.63, 3.8) is 0 Å². The molecule has 2 aromatic heterocycles. The molecule has 0 amide bonds. The number of hydrogen-bond acceptors (Lipinski definition) is 7. The molecule has 0 fully saturated rings. The van der Waals surface area contributed by atoms with Crippen molar-refractivity contribution in [3.05, 3.63) is 60.4 Å². The number of nitrogens with zero attached hydrogens (tertiary/aromatic N) is 4. The van der Waals surface area contributed by atoms with Crippen molar-refractivity contribution in [1.29, 1.82) is 0 Å². The summed E-state index contributed by atoms with van der Waals surface area (Å²) in [7, 11) is -3.71. The molecule has 28 heavy (non-hydrogen) atoms. The maximum Gasteiger partial charge on any atom is 0.240 e. The van der Waals surface area contributed by atoms with Gasteiger partial charge in [0.15, 0.2) is 5.78 Å². The third-order valence-electron chi connectivity index (χ3n) is 4.00. The fraction of sp³-hybridized carbons (Fsp3) is 0.222. The van der Waals surface area contributed by atoms with Crippen LogP contribution in [0.2, 0.25) is 0 Å². The molecule has 9 nitrogen and oxygen atoms in total. The van der Waals surface area contributed by atoms with Crippen LogP contribution < -0.4 is 10.0 Å². The van der Waals surface area contributed by atoms with E-state index in [1.807, 2.05) is 11.5 Å². The molecule has 10 heteroatoms. The zero-order valence-electron chi connectivity index (χ0n) is 15.5. The monoisotopic (exact) mass is 400 g/mol. The molecule has 0 aliphatic heterocycles. The Balaban J connectivity index is 1.59. The van der Waals surface area contributed by atoms with E-state index in [-0.39, 0.29) is 17.2 Å². The number of benzene rings is 1. The molecule has 2 heterocycles. The minimum Gasteiger partial charge on any atom is -0.369 e. The second-order valence-corrected chi connectivity index (χ2v) is 7.78. The molecule has 0 aliphatic carbocycles. The highest BCUT2D eigenvalue weighted by atomic mass is 32.2. The highest BCUT2D eigenvalue weighted by Crippen LogP contribution is 2.12. The van der Waals surface area contributed by atoms with E-state index >= 15 is 0 Å². The van der Waals surface area contributed by atoms with Gasteiger partial charge in [0, 0.05) is 37.1 Å². The van der Waals surface area contributed by atoms with Crippen molar-refractivity contribution in [2.45, 2.75) is 18.7 Å². The lowest BCUT2D eigenvalue weighted by molar-refractivity contribution is 0.101. The molecule has 3 aromatic rings. The van der Waals surface area contributed by atoms with Crippen LogP contribution in [0.4, 0.5) is 5.82 Å². The van der Waals surface area contributed by atoms with Crippen LogP contribution in [0.5, 0.6) is 0 Å². The first-order valence-corrected chi connectivity index (χ1v) is 10.0. The van der Waals surface area contributed by atoms with Crippen molar-refractivity contribution < 1.29 is 13.2 Å². The second kappa shape index (κ2) is 8.28. The first-order valence-electron chi connectivity index (χ1n) is 8.54. The summed E-state index contributed by atoms with van der Waals surface area (Å²) in [5, 5.41) is 3.05. The number of hydrogen-bond donors (Lipinski definition) is 2. The number of aryl methyl sites for hydroxylation is 1. The first kappa shape index (κ1) is 19.6. The van der Waals surface area contributed by atoms with Crippen molar-refractivity contribution in [2.24, 2.45) is 0 Å². The smallest absolute Gasteiger partial charge is 0.240 e. The average Bonchev–Trinajstić information content (AvgIpc) is 3.11. The molecule has 0 saturated heterocycles. The number of aromatic nitrogens is 4. The van der Waals surface area contributed by atoms with Gasteiger partial charge in [0.05, 0.1) is 4.90 Å². The van der Waals surface area contributed by atoms with Gasteiger partial charge in [-0.3, -0.25) is 9.36 Å². The molecular formula is C18H20N6O3S. The van der Waals surface area contributed by atoms with Crippen molar-refractivity contribution in [3.8, 4) is 5.82 Å². The average molecular weight is 400 g/mol. The standard InChI is InChI=1S/C18H20N6O3S/c1-13(25)15-4-3-5-16(10-15)28(26,27)23-7-6-20-17-11-18(22-12-21-17)24-9-8-19-14(24)2/h3-5,8-12,23H,6-7H2,1-2H3,(H,20,21,22). The van der Waals surface area contributed by atoms with Gasteiger partial charge in [0.25, 0.3) is 0 Å². The Bertz CT molecular complexity index is 1090. The molecule has 0 aliphatic rings. The van der Waals surface area contributed by atoms with Crippen LogP contribution in [-0.2, 0) is 10.0 Å². The van der Waals surface area contributed by atoms with Crippen LogP contribution in [0.25, 0.3) is 5.82 Å². The van der Waals surface area contributed by atoms with Crippen LogP contribution in [0.15, 0.2) is 53.9 Å². The zero-order chi connectivity index (χ0) is 20.1.